The van der Waals surface area contributed by atoms with Gasteiger partial charge in [-0.3, -0.25) is 14.5 Å². The Morgan fingerprint density at radius 3 is 2.26 bits per heavy atom. The van der Waals surface area contributed by atoms with E-state index in [-0.39, 0.29) is 43.2 Å². The molecule has 27 heavy (non-hydrogen) atoms. The van der Waals surface area contributed by atoms with E-state index in [0.717, 1.165) is 45.2 Å². The molecule has 6 nitrogen and oxygen atoms in total. The summed E-state index contributed by atoms with van der Waals surface area (Å²) in [5.41, 5.74) is 1.30. The smallest absolute Gasteiger partial charge is 0.242 e. The molecule has 8 heteroatoms. The summed E-state index contributed by atoms with van der Waals surface area (Å²) in [4.78, 5) is 28.2. The lowest BCUT2D eigenvalue weighted by molar-refractivity contribution is -0.134. The molecule has 1 aliphatic carbocycles. The molecule has 1 aliphatic heterocycles. The summed E-state index contributed by atoms with van der Waals surface area (Å²) in [6.45, 7) is 5.42. The number of carbonyl (C=O) groups excluding carboxylic acids is 2. The maximum Gasteiger partial charge on any atom is 0.242 e. The molecule has 0 unspecified atom stereocenters. The van der Waals surface area contributed by atoms with Crippen LogP contribution in [0.5, 0.6) is 0 Å². The van der Waals surface area contributed by atoms with Gasteiger partial charge in [-0.2, -0.15) is 0 Å². The molecular weight excluding hydrogens is 387 g/mol. The van der Waals surface area contributed by atoms with E-state index in [2.05, 4.69) is 39.8 Å². The Hall–Kier alpha value is -1.34. The predicted octanol–water partition coefficient (Wildman–Crippen LogP) is 1.29. The van der Waals surface area contributed by atoms with E-state index in [1.165, 1.54) is 18.4 Å². The molecule has 0 spiro atoms. The van der Waals surface area contributed by atoms with E-state index >= 15 is 0 Å². The van der Waals surface area contributed by atoms with Crippen LogP contribution in [-0.2, 0) is 16.1 Å². The molecule has 2 aliphatic rings. The van der Waals surface area contributed by atoms with Crippen molar-refractivity contribution in [2.75, 3.05) is 45.8 Å². The predicted molar refractivity (Wildman–Crippen MR) is 111 cm³/mol. The van der Waals surface area contributed by atoms with Gasteiger partial charge in [0.15, 0.2) is 0 Å². The van der Waals surface area contributed by atoms with E-state index in [4.69, 9.17) is 0 Å². The highest BCUT2D eigenvalue weighted by Gasteiger charge is 2.22. The SMILES string of the molecule is Cl.Cl.O=C(CNCC1CC1)NCC(=O)N1CCN(Cc2ccccc2)CC1. The first-order valence-electron chi connectivity index (χ1n) is 9.22. The summed E-state index contributed by atoms with van der Waals surface area (Å²) >= 11 is 0. The topological polar surface area (TPSA) is 64.7 Å². The molecule has 0 radical (unpaired) electrons. The third-order valence-electron chi connectivity index (χ3n) is 4.83. The fraction of sp³-hybridized carbons (Fsp3) is 0.579. The van der Waals surface area contributed by atoms with Crippen LogP contribution in [0.3, 0.4) is 0 Å². The zero-order valence-corrected chi connectivity index (χ0v) is 17.2. The van der Waals surface area contributed by atoms with Crippen LogP contribution >= 0.6 is 24.8 Å². The number of nitrogens with zero attached hydrogens (tertiary/aromatic N) is 2. The fourth-order valence-corrected chi connectivity index (χ4v) is 3.06. The van der Waals surface area contributed by atoms with Crippen molar-refractivity contribution in [3.8, 4) is 0 Å². The Kier molecular flexibility index (Phi) is 10.7. The summed E-state index contributed by atoms with van der Waals surface area (Å²) < 4.78 is 0. The molecule has 1 saturated carbocycles. The molecule has 3 rings (SSSR count). The van der Waals surface area contributed by atoms with Crippen LogP contribution in [0.15, 0.2) is 30.3 Å². The zero-order valence-electron chi connectivity index (χ0n) is 15.6. The quantitative estimate of drug-likeness (QED) is 0.669. The second-order valence-electron chi connectivity index (χ2n) is 6.99. The van der Waals surface area contributed by atoms with Crippen LogP contribution in [0.2, 0.25) is 0 Å². The Morgan fingerprint density at radius 1 is 0.963 bits per heavy atom. The van der Waals surface area contributed by atoms with Crippen molar-refractivity contribution < 1.29 is 9.59 Å². The second-order valence-corrected chi connectivity index (χ2v) is 6.99. The van der Waals surface area contributed by atoms with Crippen molar-refractivity contribution in [3.05, 3.63) is 35.9 Å². The summed E-state index contributed by atoms with van der Waals surface area (Å²) in [5, 5.41) is 5.85. The molecule has 0 atom stereocenters. The standard InChI is InChI=1S/C19H28N4O2.2ClH/c24-18(13-20-12-16-6-7-16)21-14-19(25)23-10-8-22(9-11-23)15-17-4-2-1-3-5-17;;/h1-5,16,20H,6-15H2,(H,21,24);2*1H. The molecule has 1 heterocycles. The number of hydrogen-bond acceptors (Lipinski definition) is 4. The lowest BCUT2D eigenvalue weighted by atomic mass is 10.2. The van der Waals surface area contributed by atoms with E-state index in [1.807, 2.05) is 11.0 Å². The van der Waals surface area contributed by atoms with Crippen molar-refractivity contribution in [3.63, 3.8) is 0 Å². The van der Waals surface area contributed by atoms with Gasteiger partial charge in [-0.1, -0.05) is 30.3 Å². The monoisotopic (exact) mass is 416 g/mol. The van der Waals surface area contributed by atoms with Crippen molar-refractivity contribution >= 4 is 36.6 Å². The largest absolute Gasteiger partial charge is 0.346 e. The number of carbonyl (C=O) groups is 2. The zero-order chi connectivity index (χ0) is 17.5. The Bertz CT molecular complexity index is 576. The normalized spacial score (nSPS) is 16.8. The summed E-state index contributed by atoms with van der Waals surface area (Å²) in [5.74, 6) is 0.660. The number of halogens is 2. The summed E-state index contributed by atoms with van der Waals surface area (Å²) in [6, 6.07) is 10.4. The van der Waals surface area contributed by atoms with Crippen LogP contribution in [-0.4, -0.2) is 67.4 Å². The molecule has 0 aromatic heterocycles. The van der Waals surface area contributed by atoms with Crippen LogP contribution in [0, 0.1) is 5.92 Å². The lowest BCUT2D eigenvalue weighted by Crippen LogP contribution is -2.51. The van der Waals surface area contributed by atoms with Gasteiger partial charge < -0.3 is 15.5 Å². The van der Waals surface area contributed by atoms with Crippen molar-refractivity contribution in [2.45, 2.75) is 19.4 Å². The van der Waals surface area contributed by atoms with E-state index in [1.54, 1.807) is 0 Å². The van der Waals surface area contributed by atoms with Gasteiger partial charge in [0.2, 0.25) is 11.8 Å². The Morgan fingerprint density at radius 2 is 1.63 bits per heavy atom. The van der Waals surface area contributed by atoms with Gasteiger partial charge in [0, 0.05) is 32.7 Å². The number of nitrogens with one attached hydrogen (secondary N) is 2. The first-order chi connectivity index (χ1) is 12.2. The molecule has 2 fully saturated rings. The van der Waals surface area contributed by atoms with Crippen molar-refractivity contribution in [1.82, 2.24) is 20.4 Å². The molecule has 1 saturated heterocycles. The minimum Gasteiger partial charge on any atom is -0.346 e. The Labute approximate surface area is 173 Å². The van der Waals surface area contributed by atoms with Gasteiger partial charge in [-0.25, -0.2) is 0 Å². The summed E-state index contributed by atoms with van der Waals surface area (Å²) in [6.07, 6.45) is 2.53. The molecule has 2 amide bonds. The highest BCUT2D eigenvalue weighted by molar-refractivity contribution is 5.86. The molecule has 1 aromatic carbocycles. The maximum atomic E-state index is 12.2. The average Bonchev–Trinajstić information content (AvgIpc) is 3.45. The minimum atomic E-state index is -0.100. The van der Waals surface area contributed by atoms with Crippen LogP contribution in [0.4, 0.5) is 0 Å². The third-order valence-corrected chi connectivity index (χ3v) is 4.83. The Balaban J connectivity index is 0.00000182. The van der Waals surface area contributed by atoms with Gasteiger partial charge >= 0.3 is 0 Å². The van der Waals surface area contributed by atoms with Gasteiger partial charge in [0.05, 0.1) is 13.1 Å². The van der Waals surface area contributed by atoms with Gasteiger partial charge in [-0.15, -0.1) is 24.8 Å². The lowest BCUT2D eigenvalue weighted by Gasteiger charge is -2.34. The van der Waals surface area contributed by atoms with Crippen LogP contribution < -0.4 is 10.6 Å². The highest BCUT2D eigenvalue weighted by Crippen LogP contribution is 2.27. The molecule has 152 valence electrons. The maximum absolute atomic E-state index is 12.2. The first-order valence-corrected chi connectivity index (χ1v) is 9.22. The fourth-order valence-electron chi connectivity index (χ4n) is 3.06. The van der Waals surface area contributed by atoms with Crippen LogP contribution in [0.25, 0.3) is 0 Å². The van der Waals surface area contributed by atoms with Crippen molar-refractivity contribution in [1.29, 1.82) is 0 Å². The molecule has 2 N–H and O–H groups in total. The van der Waals surface area contributed by atoms with E-state index < -0.39 is 0 Å². The first kappa shape index (κ1) is 23.7. The highest BCUT2D eigenvalue weighted by atomic mass is 35.5. The number of hydrogen-bond donors (Lipinski definition) is 2. The average molecular weight is 417 g/mol. The number of piperazine rings is 1. The molecular formula is C19H30Cl2N4O2. The second kappa shape index (κ2) is 12.2. The number of benzene rings is 1. The van der Waals surface area contributed by atoms with Gasteiger partial charge in [0.1, 0.15) is 0 Å². The number of rotatable bonds is 8. The molecule has 0 bridgehead atoms. The molecule has 1 aromatic rings. The van der Waals surface area contributed by atoms with Gasteiger partial charge in [0.25, 0.3) is 0 Å². The third kappa shape index (κ3) is 8.47. The number of amides is 2. The van der Waals surface area contributed by atoms with Crippen LogP contribution in [0.1, 0.15) is 18.4 Å². The summed E-state index contributed by atoms with van der Waals surface area (Å²) in [7, 11) is 0. The van der Waals surface area contributed by atoms with Crippen molar-refractivity contribution in [2.24, 2.45) is 5.92 Å². The van der Waals surface area contributed by atoms with E-state index in [0.29, 0.717) is 6.54 Å². The minimum absolute atomic E-state index is 0. The van der Waals surface area contributed by atoms with E-state index in [9.17, 15) is 9.59 Å². The van der Waals surface area contributed by atoms with Gasteiger partial charge in [-0.05, 0) is 30.9 Å².